The summed E-state index contributed by atoms with van der Waals surface area (Å²) < 4.78 is 32.4. The van der Waals surface area contributed by atoms with E-state index in [2.05, 4.69) is 25.2 Å². The molecule has 0 atom stereocenters. The van der Waals surface area contributed by atoms with Gasteiger partial charge in [0.1, 0.15) is 11.6 Å². The molecule has 1 aliphatic heterocycles. The topological polar surface area (TPSA) is 81.8 Å². The van der Waals surface area contributed by atoms with Gasteiger partial charge in [0.05, 0.1) is 17.9 Å². The molecule has 104 valence electrons. The third-order valence-corrected chi connectivity index (χ3v) is 3.76. The number of ether oxygens (including phenoxy) is 1. The highest BCUT2D eigenvalue weighted by atomic mass is 32.2. The van der Waals surface area contributed by atoms with Gasteiger partial charge in [0, 0.05) is 0 Å². The van der Waals surface area contributed by atoms with Crippen molar-refractivity contribution in [1.82, 2.24) is 0 Å². The number of nitrogens with zero attached hydrogens (tertiary/aromatic N) is 1. The van der Waals surface area contributed by atoms with Gasteiger partial charge in [0.25, 0.3) is 10.0 Å². The van der Waals surface area contributed by atoms with Crippen molar-refractivity contribution in [3.8, 4) is 5.75 Å². The van der Waals surface area contributed by atoms with E-state index >= 15 is 0 Å². The number of benzene rings is 1. The Morgan fingerprint density at radius 2 is 2.05 bits per heavy atom. The van der Waals surface area contributed by atoms with Gasteiger partial charge in [-0.2, -0.15) is 0 Å². The van der Waals surface area contributed by atoms with Crippen LogP contribution in [0, 0.1) is 5.41 Å². The Morgan fingerprint density at radius 3 is 2.68 bits per heavy atom. The monoisotopic (exact) mass is 282 g/mol. The van der Waals surface area contributed by atoms with E-state index in [9.17, 15) is 8.42 Å². The lowest BCUT2D eigenvalue weighted by Gasteiger charge is -2.22. The van der Waals surface area contributed by atoms with Gasteiger partial charge in [-0.05, 0) is 17.0 Å². The Labute approximate surface area is 113 Å². The van der Waals surface area contributed by atoms with E-state index in [1.54, 1.807) is 18.2 Å². The average molecular weight is 282 g/mol. The highest BCUT2D eigenvalue weighted by molar-refractivity contribution is 7.89. The van der Waals surface area contributed by atoms with Crippen molar-refractivity contribution in [3.63, 3.8) is 0 Å². The van der Waals surface area contributed by atoms with Crippen molar-refractivity contribution in [2.45, 2.75) is 26.5 Å². The summed E-state index contributed by atoms with van der Waals surface area (Å²) in [6.07, 6.45) is 0. The first-order chi connectivity index (χ1) is 8.68. The fourth-order valence-electron chi connectivity index (χ4n) is 1.83. The summed E-state index contributed by atoms with van der Waals surface area (Å²) in [7, 11) is -3.50. The van der Waals surface area contributed by atoms with Crippen LogP contribution in [0.15, 0.2) is 22.6 Å². The molecule has 1 heterocycles. The second-order valence-corrected chi connectivity index (χ2v) is 7.48. The zero-order valence-electron chi connectivity index (χ0n) is 11.3. The Morgan fingerprint density at radius 1 is 1.37 bits per heavy atom. The zero-order valence-corrected chi connectivity index (χ0v) is 12.1. The highest BCUT2D eigenvalue weighted by Crippen LogP contribution is 2.29. The Bertz CT molecular complexity index is 628. The maximum Gasteiger partial charge on any atom is 0.259 e. The Kier molecular flexibility index (Phi) is 3.30. The molecule has 0 unspecified atom stereocenters. The molecule has 0 amide bonds. The fourth-order valence-corrected chi connectivity index (χ4v) is 2.92. The van der Waals surface area contributed by atoms with E-state index in [1.165, 1.54) is 0 Å². The first kappa shape index (κ1) is 13.9. The molecular formula is C13H18N2O3S. The van der Waals surface area contributed by atoms with Crippen LogP contribution in [0.25, 0.3) is 0 Å². The number of hydrogen-bond donors (Lipinski definition) is 1. The first-order valence-corrected chi connectivity index (χ1v) is 7.62. The summed E-state index contributed by atoms with van der Waals surface area (Å²) in [5.41, 5.74) is 7.00. The van der Waals surface area contributed by atoms with E-state index in [0.29, 0.717) is 23.5 Å². The molecule has 0 aliphatic carbocycles. The largest absolute Gasteiger partial charge is 0.492 e. The molecule has 5 nitrogen and oxygen atoms in total. The SMILES string of the molecule is CC(C)(C)COc1cccc2c1C(N)=NS(=O)(=O)C2. The maximum atomic E-state index is 11.5. The van der Waals surface area contributed by atoms with E-state index < -0.39 is 10.0 Å². The summed E-state index contributed by atoms with van der Waals surface area (Å²) >= 11 is 0. The number of hydrogen-bond acceptors (Lipinski definition) is 4. The van der Waals surface area contributed by atoms with Gasteiger partial charge < -0.3 is 10.5 Å². The van der Waals surface area contributed by atoms with E-state index in [4.69, 9.17) is 10.5 Å². The van der Waals surface area contributed by atoms with Gasteiger partial charge in [0.2, 0.25) is 0 Å². The van der Waals surface area contributed by atoms with E-state index in [1.807, 2.05) is 0 Å². The third-order valence-electron chi connectivity index (χ3n) is 2.60. The molecule has 2 rings (SSSR count). The summed E-state index contributed by atoms with van der Waals surface area (Å²) in [4.78, 5) is 0. The number of amidine groups is 1. The van der Waals surface area contributed by atoms with E-state index in [0.717, 1.165) is 0 Å². The summed E-state index contributed by atoms with van der Waals surface area (Å²) in [5.74, 6) is 0.463. The minimum Gasteiger partial charge on any atom is -0.492 e. The van der Waals surface area contributed by atoms with Crippen molar-refractivity contribution in [3.05, 3.63) is 29.3 Å². The average Bonchev–Trinajstić information content (AvgIpc) is 2.22. The van der Waals surface area contributed by atoms with Crippen molar-refractivity contribution in [2.75, 3.05) is 6.61 Å². The molecule has 1 aromatic carbocycles. The normalized spacial score (nSPS) is 17.5. The predicted molar refractivity (Wildman–Crippen MR) is 74.7 cm³/mol. The molecule has 1 aliphatic rings. The van der Waals surface area contributed by atoms with Gasteiger partial charge in [-0.3, -0.25) is 0 Å². The molecule has 6 heteroatoms. The minimum absolute atomic E-state index is 0.00533. The van der Waals surface area contributed by atoms with E-state index in [-0.39, 0.29) is 17.0 Å². The second-order valence-electron chi connectivity index (χ2n) is 5.84. The van der Waals surface area contributed by atoms with Crippen LogP contribution >= 0.6 is 0 Å². The molecule has 0 saturated heterocycles. The van der Waals surface area contributed by atoms with Crippen molar-refractivity contribution in [2.24, 2.45) is 15.5 Å². The molecule has 0 fully saturated rings. The van der Waals surface area contributed by atoms with Gasteiger partial charge in [-0.25, -0.2) is 8.42 Å². The summed E-state index contributed by atoms with van der Waals surface area (Å²) in [5, 5.41) is 0. The van der Waals surface area contributed by atoms with Crippen LogP contribution in [0.3, 0.4) is 0 Å². The van der Waals surface area contributed by atoms with Gasteiger partial charge in [-0.1, -0.05) is 32.9 Å². The molecular weight excluding hydrogens is 264 g/mol. The van der Waals surface area contributed by atoms with Crippen LogP contribution in [-0.2, 0) is 15.8 Å². The maximum absolute atomic E-state index is 11.5. The first-order valence-electron chi connectivity index (χ1n) is 6.01. The van der Waals surface area contributed by atoms with Gasteiger partial charge >= 0.3 is 0 Å². The lowest BCUT2D eigenvalue weighted by molar-refractivity contribution is 0.197. The van der Waals surface area contributed by atoms with Crippen LogP contribution in [0.4, 0.5) is 0 Å². The van der Waals surface area contributed by atoms with Crippen LogP contribution < -0.4 is 10.5 Å². The number of rotatable bonds is 2. The predicted octanol–water partition coefficient (Wildman–Crippen LogP) is 1.66. The molecule has 0 radical (unpaired) electrons. The highest BCUT2D eigenvalue weighted by Gasteiger charge is 2.25. The lowest BCUT2D eigenvalue weighted by atomic mass is 9.98. The smallest absolute Gasteiger partial charge is 0.259 e. The molecule has 19 heavy (non-hydrogen) atoms. The molecule has 2 N–H and O–H groups in total. The summed E-state index contributed by atoms with van der Waals surface area (Å²) in [6, 6.07) is 5.29. The Balaban J connectivity index is 2.40. The molecule has 0 aromatic heterocycles. The minimum atomic E-state index is -3.50. The molecule has 0 saturated carbocycles. The zero-order chi connectivity index (χ0) is 14.3. The standard InChI is InChI=1S/C13H18N2O3S/c1-13(2,3)8-18-10-6-4-5-9-7-19(16,17)15-12(14)11(9)10/h4-6H,7-8H2,1-3H3,(H2,14,15). The van der Waals surface area contributed by atoms with Crippen LogP contribution in [0.5, 0.6) is 5.75 Å². The van der Waals surface area contributed by atoms with Crippen molar-refractivity contribution in [1.29, 1.82) is 0 Å². The van der Waals surface area contributed by atoms with Crippen LogP contribution in [0.1, 0.15) is 31.9 Å². The van der Waals surface area contributed by atoms with Crippen LogP contribution in [-0.4, -0.2) is 20.9 Å². The van der Waals surface area contributed by atoms with Gasteiger partial charge in [-0.15, -0.1) is 4.40 Å². The Hall–Kier alpha value is -1.56. The quantitative estimate of drug-likeness (QED) is 0.894. The molecule has 0 bridgehead atoms. The second kappa shape index (κ2) is 4.52. The van der Waals surface area contributed by atoms with Crippen LogP contribution in [0.2, 0.25) is 0 Å². The molecule has 1 aromatic rings. The summed E-state index contributed by atoms with van der Waals surface area (Å²) in [6.45, 7) is 6.70. The van der Waals surface area contributed by atoms with Gasteiger partial charge in [0.15, 0.2) is 0 Å². The third kappa shape index (κ3) is 3.26. The molecule has 0 spiro atoms. The number of fused-ring (bicyclic) bond motifs is 1. The lowest BCUT2D eigenvalue weighted by Crippen LogP contribution is -2.26. The number of sulfonamides is 1. The number of nitrogens with two attached hydrogens (primary N) is 1. The van der Waals surface area contributed by atoms with Crippen molar-refractivity contribution >= 4 is 15.9 Å². The van der Waals surface area contributed by atoms with Crippen molar-refractivity contribution < 1.29 is 13.2 Å². The fraction of sp³-hybridized carbons (Fsp3) is 0.462.